The van der Waals surface area contributed by atoms with Crippen molar-refractivity contribution in [1.82, 2.24) is 0 Å². The molecular formula is C24H48O2. The van der Waals surface area contributed by atoms with Crippen LogP contribution in [0.2, 0.25) is 0 Å². The minimum Gasteiger partial charge on any atom is -0.396 e. The maximum Gasteiger partial charge on any atom is 0.132 e. The number of carbonyl (C=O) groups excluding carboxylic acids is 1. The minimum atomic E-state index is 0.372. The molecule has 0 spiro atoms. The smallest absolute Gasteiger partial charge is 0.132 e. The average molecular weight is 369 g/mol. The van der Waals surface area contributed by atoms with E-state index in [2.05, 4.69) is 6.92 Å². The molecule has 0 heterocycles. The van der Waals surface area contributed by atoms with E-state index in [-0.39, 0.29) is 0 Å². The van der Waals surface area contributed by atoms with Crippen LogP contribution in [-0.4, -0.2) is 17.5 Å². The third-order valence-corrected chi connectivity index (χ3v) is 5.42. The first kappa shape index (κ1) is 25.6. The molecule has 0 aliphatic heterocycles. The molecule has 1 aliphatic rings. The molecule has 1 N–H and O–H groups in total. The normalized spacial score (nSPS) is 16.9. The lowest BCUT2D eigenvalue weighted by atomic mass is 10.0. The van der Waals surface area contributed by atoms with Gasteiger partial charge in [-0.2, -0.15) is 0 Å². The van der Waals surface area contributed by atoms with Crippen LogP contribution in [0.5, 0.6) is 0 Å². The van der Waals surface area contributed by atoms with Crippen LogP contribution < -0.4 is 0 Å². The van der Waals surface area contributed by atoms with E-state index in [0.29, 0.717) is 12.4 Å². The molecule has 0 saturated heterocycles. The first-order chi connectivity index (χ1) is 12.8. The van der Waals surface area contributed by atoms with Gasteiger partial charge in [0.05, 0.1) is 0 Å². The Bertz CT molecular complexity index is 251. The second-order valence-corrected chi connectivity index (χ2v) is 8.13. The van der Waals surface area contributed by atoms with Crippen molar-refractivity contribution < 1.29 is 9.90 Å². The molecule has 0 atom stereocenters. The molecule has 0 amide bonds. The van der Waals surface area contributed by atoms with Crippen molar-refractivity contribution in [3.63, 3.8) is 0 Å². The molecule has 2 heteroatoms. The van der Waals surface area contributed by atoms with E-state index in [4.69, 9.17) is 5.11 Å². The third kappa shape index (κ3) is 21.7. The van der Waals surface area contributed by atoms with Crippen molar-refractivity contribution >= 4 is 5.78 Å². The fourth-order valence-corrected chi connectivity index (χ4v) is 3.61. The second kappa shape index (κ2) is 22.7. The number of aliphatic hydroxyl groups is 1. The molecule has 0 radical (unpaired) electrons. The molecule has 0 aromatic carbocycles. The van der Waals surface area contributed by atoms with Gasteiger partial charge < -0.3 is 5.11 Å². The number of carbonyl (C=O) groups is 1. The molecule has 1 rings (SSSR count). The van der Waals surface area contributed by atoms with Crippen LogP contribution >= 0.6 is 0 Å². The Morgan fingerprint density at radius 2 is 0.923 bits per heavy atom. The van der Waals surface area contributed by atoms with Crippen molar-refractivity contribution in [3.8, 4) is 0 Å². The summed E-state index contributed by atoms with van der Waals surface area (Å²) in [5, 5.41) is 8.57. The molecule has 26 heavy (non-hydrogen) atoms. The third-order valence-electron chi connectivity index (χ3n) is 5.42. The van der Waals surface area contributed by atoms with E-state index in [1.807, 2.05) is 0 Å². The van der Waals surface area contributed by atoms with Gasteiger partial charge in [0.15, 0.2) is 0 Å². The van der Waals surface area contributed by atoms with Gasteiger partial charge in [-0.25, -0.2) is 0 Å². The number of hydrogen-bond donors (Lipinski definition) is 1. The molecule has 2 nitrogen and oxygen atoms in total. The summed E-state index contributed by atoms with van der Waals surface area (Å²) in [6.07, 6.45) is 26.7. The summed E-state index contributed by atoms with van der Waals surface area (Å²) in [5.41, 5.74) is 0. The number of rotatable bonds is 10. The molecular weight excluding hydrogens is 320 g/mol. The van der Waals surface area contributed by atoms with Gasteiger partial charge in [-0.05, 0) is 19.3 Å². The van der Waals surface area contributed by atoms with Crippen molar-refractivity contribution in [2.75, 3.05) is 6.61 Å². The first-order valence-electron chi connectivity index (χ1n) is 11.9. The Hall–Kier alpha value is -0.370. The molecule has 1 saturated carbocycles. The van der Waals surface area contributed by atoms with Crippen molar-refractivity contribution in [1.29, 1.82) is 0 Å². The van der Waals surface area contributed by atoms with Crippen LogP contribution in [0.25, 0.3) is 0 Å². The Labute approximate surface area is 164 Å². The van der Waals surface area contributed by atoms with Crippen molar-refractivity contribution in [2.45, 2.75) is 142 Å². The van der Waals surface area contributed by atoms with Gasteiger partial charge in [-0.3, -0.25) is 4.79 Å². The Kier molecular flexibility index (Phi) is 22.3. The zero-order valence-corrected chi connectivity index (χ0v) is 17.9. The molecule has 1 fully saturated rings. The van der Waals surface area contributed by atoms with E-state index >= 15 is 0 Å². The van der Waals surface area contributed by atoms with Crippen LogP contribution in [0.15, 0.2) is 0 Å². The maximum atomic E-state index is 11.3. The topological polar surface area (TPSA) is 37.3 Å². The van der Waals surface area contributed by atoms with Crippen molar-refractivity contribution in [2.24, 2.45) is 0 Å². The first-order valence-corrected chi connectivity index (χ1v) is 11.9. The zero-order valence-electron chi connectivity index (χ0n) is 17.9. The SMILES string of the molecule is CCCCCCCCCCCCO.O=C1CCCCCCCCCCC1. The Morgan fingerprint density at radius 3 is 1.31 bits per heavy atom. The Balaban J connectivity index is 0.000000481. The summed E-state index contributed by atoms with van der Waals surface area (Å²) in [6.45, 7) is 2.63. The van der Waals surface area contributed by atoms with Gasteiger partial charge in [0.25, 0.3) is 0 Å². The van der Waals surface area contributed by atoms with Crippen LogP contribution in [-0.2, 0) is 4.79 Å². The Morgan fingerprint density at radius 1 is 0.577 bits per heavy atom. The number of ketones is 1. The summed E-state index contributed by atoms with van der Waals surface area (Å²) in [6, 6.07) is 0. The van der Waals surface area contributed by atoms with Gasteiger partial charge in [0.2, 0.25) is 0 Å². The summed E-state index contributed by atoms with van der Waals surface area (Å²) >= 11 is 0. The highest BCUT2D eigenvalue weighted by Gasteiger charge is 2.03. The summed E-state index contributed by atoms with van der Waals surface area (Å²) in [5.74, 6) is 0.501. The quantitative estimate of drug-likeness (QED) is 0.400. The fraction of sp³-hybridized carbons (Fsp3) is 0.958. The number of aliphatic hydroxyl groups excluding tert-OH is 1. The molecule has 156 valence electrons. The summed E-state index contributed by atoms with van der Waals surface area (Å²) < 4.78 is 0. The van der Waals surface area contributed by atoms with E-state index in [1.54, 1.807) is 0 Å². The molecule has 0 unspecified atom stereocenters. The lowest BCUT2D eigenvalue weighted by molar-refractivity contribution is -0.119. The minimum absolute atomic E-state index is 0.372. The van der Waals surface area contributed by atoms with Gasteiger partial charge in [0, 0.05) is 19.4 Å². The number of hydrogen-bond acceptors (Lipinski definition) is 2. The van der Waals surface area contributed by atoms with Crippen LogP contribution in [0.4, 0.5) is 0 Å². The van der Waals surface area contributed by atoms with E-state index in [9.17, 15) is 4.79 Å². The molecule has 0 aromatic heterocycles. The number of Topliss-reactive ketones (excluding diaryl/α,β-unsaturated/α-hetero) is 1. The summed E-state index contributed by atoms with van der Waals surface area (Å²) in [7, 11) is 0. The van der Waals surface area contributed by atoms with Gasteiger partial charge in [-0.15, -0.1) is 0 Å². The molecule has 1 aliphatic carbocycles. The fourth-order valence-electron chi connectivity index (χ4n) is 3.61. The van der Waals surface area contributed by atoms with Crippen LogP contribution in [0.3, 0.4) is 0 Å². The zero-order chi connectivity index (χ0) is 19.1. The average Bonchev–Trinajstić information content (AvgIpc) is 2.64. The van der Waals surface area contributed by atoms with Gasteiger partial charge in [-0.1, -0.05) is 110 Å². The molecule has 0 bridgehead atoms. The van der Waals surface area contributed by atoms with Gasteiger partial charge in [0.1, 0.15) is 5.78 Å². The highest BCUT2D eigenvalue weighted by Crippen LogP contribution is 2.14. The van der Waals surface area contributed by atoms with Crippen LogP contribution in [0.1, 0.15) is 142 Å². The lowest BCUT2D eigenvalue weighted by Gasteiger charge is -2.05. The standard InChI is InChI=1S/C12H22O.C12H26O/c13-12-10-8-6-4-2-1-3-5-7-9-11-12;1-2-3-4-5-6-7-8-9-10-11-12-13/h1-11H2;13H,2-12H2,1H3. The second-order valence-electron chi connectivity index (χ2n) is 8.13. The van der Waals surface area contributed by atoms with E-state index < -0.39 is 0 Å². The highest BCUT2D eigenvalue weighted by molar-refractivity contribution is 5.78. The van der Waals surface area contributed by atoms with Crippen LogP contribution in [0, 0.1) is 0 Å². The predicted octanol–water partition coefficient (Wildman–Crippen LogP) is 7.76. The lowest BCUT2D eigenvalue weighted by Crippen LogP contribution is -1.98. The monoisotopic (exact) mass is 368 g/mol. The highest BCUT2D eigenvalue weighted by atomic mass is 16.2. The van der Waals surface area contributed by atoms with E-state index in [1.165, 1.54) is 103 Å². The molecule has 0 aromatic rings. The van der Waals surface area contributed by atoms with E-state index in [0.717, 1.165) is 32.1 Å². The van der Waals surface area contributed by atoms with Gasteiger partial charge >= 0.3 is 0 Å². The predicted molar refractivity (Wildman–Crippen MR) is 115 cm³/mol. The van der Waals surface area contributed by atoms with Crippen molar-refractivity contribution in [3.05, 3.63) is 0 Å². The maximum absolute atomic E-state index is 11.3. The number of unbranched alkanes of at least 4 members (excludes halogenated alkanes) is 9. The largest absolute Gasteiger partial charge is 0.396 e. The summed E-state index contributed by atoms with van der Waals surface area (Å²) in [4.78, 5) is 11.3.